The van der Waals surface area contributed by atoms with E-state index in [1.165, 1.54) is 0 Å². The van der Waals surface area contributed by atoms with E-state index in [1.807, 2.05) is 66.7 Å². The van der Waals surface area contributed by atoms with Crippen molar-refractivity contribution in [3.05, 3.63) is 30.3 Å². The van der Waals surface area contributed by atoms with Gasteiger partial charge in [0.25, 0.3) is 0 Å². The van der Waals surface area contributed by atoms with Crippen LogP contribution in [0, 0.1) is 0 Å². The number of ether oxygens (including phenoxy) is 2. The minimum absolute atomic E-state index is 0.210. The van der Waals surface area contributed by atoms with Gasteiger partial charge in [-0.15, -0.1) is 0 Å². The minimum Gasteiger partial charge on any atom is -0.488 e. The quantitative estimate of drug-likeness (QED) is 0.756. The summed E-state index contributed by atoms with van der Waals surface area (Å²) in [7, 11) is 0. The van der Waals surface area contributed by atoms with Crippen molar-refractivity contribution in [2.24, 2.45) is 0 Å². The van der Waals surface area contributed by atoms with Gasteiger partial charge in [0.15, 0.2) is 0 Å². The molecule has 2 nitrogen and oxygen atoms in total. The van der Waals surface area contributed by atoms with Crippen LogP contribution in [0.5, 0.6) is 11.5 Å². The van der Waals surface area contributed by atoms with E-state index < -0.39 is 0 Å². The third kappa shape index (κ3) is 5.37. The van der Waals surface area contributed by atoms with Crippen molar-refractivity contribution in [1.82, 2.24) is 0 Å². The Morgan fingerprint density at radius 2 is 1.47 bits per heavy atom. The second kappa shape index (κ2) is 5.28. The van der Waals surface area contributed by atoms with Crippen molar-refractivity contribution >= 4 is 5.57 Å². The fraction of sp³-hybridized carbons (Fsp3) is 0.529. The first-order valence-corrected chi connectivity index (χ1v) is 6.66. The largest absolute Gasteiger partial charge is 0.488 e. The van der Waals surface area contributed by atoms with Crippen LogP contribution in [-0.2, 0) is 0 Å². The number of allylic oxidation sites excluding steroid dienone is 1. The molecule has 1 aromatic rings. The predicted molar refractivity (Wildman–Crippen MR) is 81.9 cm³/mol. The van der Waals surface area contributed by atoms with E-state index in [-0.39, 0.29) is 11.2 Å². The van der Waals surface area contributed by atoms with Crippen LogP contribution in [0.1, 0.15) is 54.0 Å². The third-order valence-corrected chi connectivity index (χ3v) is 2.25. The summed E-state index contributed by atoms with van der Waals surface area (Å²) in [6.45, 7) is 18.2. The maximum Gasteiger partial charge on any atom is 0.127 e. The second-order valence-electron chi connectivity index (χ2n) is 6.87. The molecular weight excluding hydrogens is 236 g/mol. The lowest BCUT2D eigenvalue weighted by Crippen LogP contribution is -2.24. The summed E-state index contributed by atoms with van der Waals surface area (Å²) in [5.74, 6) is 1.69. The van der Waals surface area contributed by atoms with Gasteiger partial charge in [0.1, 0.15) is 22.7 Å². The van der Waals surface area contributed by atoms with Gasteiger partial charge in [-0.1, -0.05) is 6.58 Å². The number of benzene rings is 1. The van der Waals surface area contributed by atoms with Gasteiger partial charge in [-0.25, -0.2) is 0 Å². The monoisotopic (exact) mass is 262 g/mol. The Bertz CT molecular complexity index is 459. The Kier molecular flexibility index (Phi) is 4.34. The molecular formula is C17H26O2. The van der Waals surface area contributed by atoms with Gasteiger partial charge in [-0.3, -0.25) is 0 Å². The number of hydrogen-bond acceptors (Lipinski definition) is 2. The first-order chi connectivity index (χ1) is 8.48. The first kappa shape index (κ1) is 15.6. The van der Waals surface area contributed by atoms with Crippen LogP contribution in [0.3, 0.4) is 0 Å². The Hall–Kier alpha value is -1.44. The van der Waals surface area contributed by atoms with E-state index in [9.17, 15) is 0 Å². The summed E-state index contributed by atoms with van der Waals surface area (Å²) in [6, 6.07) is 5.89. The highest BCUT2D eigenvalue weighted by Gasteiger charge is 2.17. The number of rotatable bonds is 3. The van der Waals surface area contributed by atoms with Crippen molar-refractivity contribution in [2.75, 3.05) is 0 Å². The van der Waals surface area contributed by atoms with Crippen molar-refractivity contribution in [2.45, 2.75) is 59.7 Å². The lowest BCUT2D eigenvalue weighted by molar-refractivity contribution is 0.125. The molecule has 0 N–H and O–H groups in total. The van der Waals surface area contributed by atoms with E-state index in [0.717, 1.165) is 22.6 Å². The molecule has 0 heterocycles. The lowest BCUT2D eigenvalue weighted by Gasteiger charge is -2.25. The van der Waals surface area contributed by atoms with Gasteiger partial charge >= 0.3 is 0 Å². The van der Waals surface area contributed by atoms with Crippen LogP contribution in [0.2, 0.25) is 0 Å². The van der Waals surface area contributed by atoms with Crippen molar-refractivity contribution < 1.29 is 9.47 Å². The molecule has 2 heteroatoms. The zero-order chi connectivity index (χ0) is 14.8. The standard InChI is InChI=1S/C17H26O2/c1-12(2)14-11-13(18-16(3,4)5)9-10-15(14)19-17(6,7)8/h9-11H,1H2,2-8H3. The lowest BCUT2D eigenvalue weighted by atomic mass is 10.1. The molecule has 0 unspecified atom stereocenters. The van der Waals surface area contributed by atoms with Crippen LogP contribution < -0.4 is 9.47 Å². The van der Waals surface area contributed by atoms with E-state index in [0.29, 0.717) is 0 Å². The molecule has 0 aromatic heterocycles. The predicted octanol–water partition coefficient (Wildman–Crippen LogP) is 5.07. The molecule has 0 aliphatic carbocycles. The summed E-state index contributed by atoms with van der Waals surface area (Å²) >= 11 is 0. The fourth-order valence-electron chi connectivity index (χ4n) is 1.68. The molecule has 0 saturated carbocycles. The summed E-state index contributed by atoms with van der Waals surface area (Å²) in [4.78, 5) is 0. The molecule has 106 valence electrons. The van der Waals surface area contributed by atoms with Crippen molar-refractivity contribution in [3.63, 3.8) is 0 Å². The summed E-state index contributed by atoms with van der Waals surface area (Å²) in [5.41, 5.74) is 1.53. The highest BCUT2D eigenvalue weighted by atomic mass is 16.5. The maximum absolute atomic E-state index is 5.96. The molecule has 19 heavy (non-hydrogen) atoms. The van der Waals surface area contributed by atoms with Crippen LogP contribution in [0.15, 0.2) is 24.8 Å². The molecule has 0 aliphatic rings. The van der Waals surface area contributed by atoms with E-state index >= 15 is 0 Å². The van der Waals surface area contributed by atoms with Gasteiger partial charge in [-0.05, 0) is 72.2 Å². The molecule has 0 aliphatic heterocycles. The molecule has 0 amide bonds. The second-order valence-corrected chi connectivity index (χ2v) is 6.87. The normalized spacial score (nSPS) is 12.2. The molecule has 0 bridgehead atoms. The Morgan fingerprint density at radius 1 is 0.947 bits per heavy atom. The van der Waals surface area contributed by atoms with Crippen LogP contribution in [-0.4, -0.2) is 11.2 Å². The summed E-state index contributed by atoms with van der Waals surface area (Å²) in [6.07, 6.45) is 0. The van der Waals surface area contributed by atoms with Gasteiger partial charge in [-0.2, -0.15) is 0 Å². The topological polar surface area (TPSA) is 18.5 Å². The Balaban J connectivity index is 3.12. The Morgan fingerprint density at radius 3 is 1.89 bits per heavy atom. The van der Waals surface area contributed by atoms with Gasteiger partial charge in [0, 0.05) is 5.56 Å². The fourth-order valence-corrected chi connectivity index (χ4v) is 1.68. The first-order valence-electron chi connectivity index (χ1n) is 6.66. The Labute approximate surface area is 117 Å². The van der Waals surface area contributed by atoms with Gasteiger partial charge in [0.05, 0.1) is 0 Å². The maximum atomic E-state index is 5.96. The van der Waals surface area contributed by atoms with Crippen LogP contribution >= 0.6 is 0 Å². The SMILES string of the molecule is C=C(C)c1cc(OC(C)(C)C)ccc1OC(C)(C)C. The summed E-state index contributed by atoms with van der Waals surface area (Å²) in [5, 5.41) is 0. The van der Waals surface area contributed by atoms with E-state index in [2.05, 4.69) is 6.58 Å². The van der Waals surface area contributed by atoms with E-state index in [1.54, 1.807) is 0 Å². The summed E-state index contributed by atoms with van der Waals surface area (Å²) < 4.78 is 11.8. The highest BCUT2D eigenvalue weighted by molar-refractivity contribution is 5.68. The van der Waals surface area contributed by atoms with Crippen LogP contribution in [0.4, 0.5) is 0 Å². The molecule has 0 radical (unpaired) electrons. The van der Waals surface area contributed by atoms with Crippen molar-refractivity contribution in [3.8, 4) is 11.5 Å². The third-order valence-electron chi connectivity index (χ3n) is 2.25. The molecule has 1 rings (SSSR count). The average molecular weight is 262 g/mol. The smallest absolute Gasteiger partial charge is 0.127 e. The molecule has 0 spiro atoms. The zero-order valence-electron chi connectivity index (χ0n) is 13.3. The number of hydrogen-bond donors (Lipinski definition) is 0. The van der Waals surface area contributed by atoms with Gasteiger partial charge < -0.3 is 9.47 Å². The molecule has 0 atom stereocenters. The molecule has 0 fully saturated rings. The molecule has 1 aromatic carbocycles. The van der Waals surface area contributed by atoms with Gasteiger partial charge in [0.2, 0.25) is 0 Å². The van der Waals surface area contributed by atoms with Crippen molar-refractivity contribution in [1.29, 1.82) is 0 Å². The molecule has 0 saturated heterocycles. The minimum atomic E-state index is -0.226. The van der Waals surface area contributed by atoms with Crippen LogP contribution in [0.25, 0.3) is 5.57 Å². The zero-order valence-corrected chi connectivity index (χ0v) is 13.3. The van der Waals surface area contributed by atoms with E-state index in [4.69, 9.17) is 9.47 Å². The highest BCUT2D eigenvalue weighted by Crippen LogP contribution is 2.32. The average Bonchev–Trinajstić information content (AvgIpc) is 2.15.